The van der Waals surface area contributed by atoms with Crippen LogP contribution in [0.4, 0.5) is 4.79 Å². The van der Waals surface area contributed by atoms with Crippen LogP contribution in [0, 0.1) is 0 Å². The van der Waals surface area contributed by atoms with Gasteiger partial charge < -0.3 is 15.0 Å². The van der Waals surface area contributed by atoms with Crippen LogP contribution in [-0.4, -0.2) is 44.2 Å². The van der Waals surface area contributed by atoms with Gasteiger partial charge in [0.2, 0.25) is 0 Å². The van der Waals surface area contributed by atoms with Crippen molar-refractivity contribution in [2.75, 3.05) is 12.8 Å². The fourth-order valence-electron chi connectivity index (χ4n) is 3.44. The van der Waals surface area contributed by atoms with Crippen LogP contribution in [0.25, 0.3) is 0 Å². The standard InChI is InChI=1S/C25H30N2O6S3/c1-36(30,31)33-23(13-5-6-14-26-25(29)32-19-20-9-3-2-4-10-20)24(28)27(17-21-11-7-15-34-21)18-22-12-8-16-35-22/h2-4,7-12,15-16,23H,5-6,13-14,17-19H2,1H3,(H,26,29). The number of ether oxygens (including phenoxy) is 1. The van der Waals surface area contributed by atoms with E-state index in [1.807, 2.05) is 65.4 Å². The zero-order chi connectivity index (χ0) is 25.8. The van der Waals surface area contributed by atoms with E-state index in [0.717, 1.165) is 21.6 Å². The second kappa shape index (κ2) is 14.1. The quantitative estimate of drug-likeness (QED) is 0.229. The van der Waals surface area contributed by atoms with Gasteiger partial charge in [0.15, 0.2) is 6.10 Å². The summed E-state index contributed by atoms with van der Waals surface area (Å²) >= 11 is 3.07. The van der Waals surface area contributed by atoms with Crippen molar-refractivity contribution in [1.29, 1.82) is 0 Å². The van der Waals surface area contributed by atoms with E-state index in [9.17, 15) is 18.0 Å². The molecule has 8 nitrogen and oxygen atoms in total. The highest BCUT2D eigenvalue weighted by molar-refractivity contribution is 7.86. The molecule has 2 heterocycles. The molecule has 1 aromatic carbocycles. The molecule has 1 unspecified atom stereocenters. The Morgan fingerprint density at radius 2 is 1.58 bits per heavy atom. The van der Waals surface area contributed by atoms with Crippen LogP contribution in [-0.2, 0) is 43.5 Å². The van der Waals surface area contributed by atoms with E-state index >= 15 is 0 Å². The van der Waals surface area contributed by atoms with Crippen LogP contribution in [0.2, 0.25) is 0 Å². The van der Waals surface area contributed by atoms with Gasteiger partial charge in [-0.15, -0.1) is 22.7 Å². The SMILES string of the molecule is CS(=O)(=O)OC(CCCCNC(=O)OCc1ccccc1)C(=O)N(Cc1cccs1)Cc1cccs1. The molecule has 194 valence electrons. The smallest absolute Gasteiger partial charge is 0.407 e. The first-order valence-corrected chi connectivity index (χ1v) is 15.0. The molecule has 0 saturated carbocycles. The van der Waals surface area contributed by atoms with E-state index in [1.165, 1.54) is 22.7 Å². The first-order valence-electron chi connectivity index (χ1n) is 11.5. The van der Waals surface area contributed by atoms with E-state index < -0.39 is 22.3 Å². The van der Waals surface area contributed by atoms with Crippen molar-refractivity contribution in [3.63, 3.8) is 0 Å². The minimum Gasteiger partial charge on any atom is -0.445 e. The van der Waals surface area contributed by atoms with E-state index in [-0.39, 0.29) is 18.9 Å². The second-order valence-electron chi connectivity index (χ2n) is 8.13. The van der Waals surface area contributed by atoms with Crippen molar-refractivity contribution >= 4 is 44.8 Å². The maximum absolute atomic E-state index is 13.4. The largest absolute Gasteiger partial charge is 0.445 e. The van der Waals surface area contributed by atoms with Gasteiger partial charge in [-0.25, -0.2) is 4.79 Å². The Morgan fingerprint density at radius 1 is 0.944 bits per heavy atom. The molecule has 0 radical (unpaired) electrons. The molecule has 0 saturated heterocycles. The number of hydrogen-bond acceptors (Lipinski definition) is 8. The van der Waals surface area contributed by atoms with Crippen molar-refractivity contribution in [2.45, 2.75) is 45.1 Å². The zero-order valence-corrected chi connectivity index (χ0v) is 22.4. The first kappa shape index (κ1) is 27.9. The van der Waals surface area contributed by atoms with Gasteiger partial charge in [-0.2, -0.15) is 8.42 Å². The number of thiophene rings is 2. The summed E-state index contributed by atoms with van der Waals surface area (Å²) in [4.78, 5) is 29.0. The molecule has 3 rings (SSSR count). The Hall–Kier alpha value is -2.73. The third kappa shape index (κ3) is 10.1. The fraction of sp³-hybridized carbons (Fsp3) is 0.360. The lowest BCUT2D eigenvalue weighted by Crippen LogP contribution is -2.40. The summed E-state index contributed by atoms with van der Waals surface area (Å²) in [6, 6.07) is 17.1. The molecule has 11 heteroatoms. The number of unbranched alkanes of at least 4 members (excludes halogenated alkanes) is 1. The molecular formula is C25H30N2O6S3. The highest BCUT2D eigenvalue weighted by Gasteiger charge is 2.29. The van der Waals surface area contributed by atoms with Crippen molar-refractivity contribution in [2.24, 2.45) is 0 Å². The van der Waals surface area contributed by atoms with Crippen LogP contribution in [0.1, 0.15) is 34.6 Å². The van der Waals surface area contributed by atoms with Gasteiger partial charge in [-0.3, -0.25) is 8.98 Å². The Bertz CT molecular complexity index is 1130. The topological polar surface area (TPSA) is 102 Å². The summed E-state index contributed by atoms with van der Waals surface area (Å²) in [5, 5.41) is 6.55. The molecule has 0 aliphatic heterocycles. The third-order valence-corrected chi connectivity index (χ3v) is 7.41. The molecule has 2 amide bonds. The summed E-state index contributed by atoms with van der Waals surface area (Å²) < 4.78 is 34.2. The predicted molar refractivity (Wildman–Crippen MR) is 141 cm³/mol. The predicted octanol–water partition coefficient (Wildman–Crippen LogP) is 4.78. The molecular weight excluding hydrogens is 520 g/mol. The van der Waals surface area contributed by atoms with Crippen LogP contribution in [0.5, 0.6) is 0 Å². The minimum absolute atomic E-state index is 0.176. The fourth-order valence-corrected chi connectivity index (χ4v) is 5.48. The average Bonchev–Trinajstić information content (AvgIpc) is 3.55. The van der Waals surface area contributed by atoms with Crippen LogP contribution < -0.4 is 5.32 Å². The lowest BCUT2D eigenvalue weighted by atomic mass is 10.1. The van der Waals surface area contributed by atoms with Gasteiger partial charge in [-0.05, 0) is 47.7 Å². The number of alkyl carbamates (subject to hydrolysis) is 1. The van der Waals surface area contributed by atoms with Crippen molar-refractivity contribution in [3.05, 3.63) is 80.7 Å². The Labute approximate surface area is 220 Å². The molecule has 0 bridgehead atoms. The number of amides is 2. The first-order chi connectivity index (χ1) is 17.3. The molecule has 3 aromatic rings. The van der Waals surface area contributed by atoms with E-state index in [1.54, 1.807) is 4.90 Å². The molecule has 1 atom stereocenters. The Balaban J connectivity index is 1.52. The van der Waals surface area contributed by atoms with E-state index in [4.69, 9.17) is 8.92 Å². The summed E-state index contributed by atoms with van der Waals surface area (Å²) in [7, 11) is -3.85. The number of carbonyl (C=O) groups excluding carboxylic acids is 2. The average molecular weight is 551 g/mol. The molecule has 0 aliphatic carbocycles. The maximum atomic E-state index is 13.4. The van der Waals surface area contributed by atoms with Crippen LogP contribution in [0.3, 0.4) is 0 Å². The Morgan fingerprint density at radius 3 is 2.14 bits per heavy atom. The number of hydrogen-bond donors (Lipinski definition) is 1. The van der Waals surface area contributed by atoms with Gasteiger partial charge in [0.25, 0.3) is 16.0 Å². The highest BCUT2D eigenvalue weighted by Crippen LogP contribution is 2.20. The number of nitrogens with one attached hydrogen (secondary N) is 1. The summed E-state index contributed by atoms with van der Waals surface area (Å²) in [6.07, 6.45) is 0.504. The van der Waals surface area contributed by atoms with Gasteiger partial charge in [0.1, 0.15) is 6.61 Å². The molecule has 0 spiro atoms. The lowest BCUT2D eigenvalue weighted by Gasteiger charge is -2.26. The number of carbonyl (C=O) groups is 2. The van der Waals surface area contributed by atoms with Crippen molar-refractivity contribution in [1.82, 2.24) is 10.2 Å². The summed E-state index contributed by atoms with van der Waals surface area (Å²) in [6.45, 7) is 1.25. The summed E-state index contributed by atoms with van der Waals surface area (Å²) in [5.41, 5.74) is 0.890. The van der Waals surface area contributed by atoms with Crippen LogP contribution >= 0.6 is 22.7 Å². The van der Waals surface area contributed by atoms with Gasteiger partial charge >= 0.3 is 6.09 Å². The lowest BCUT2D eigenvalue weighted by molar-refractivity contribution is -0.140. The van der Waals surface area contributed by atoms with Crippen LogP contribution in [0.15, 0.2) is 65.4 Å². The van der Waals surface area contributed by atoms with Gasteiger partial charge in [0.05, 0.1) is 19.3 Å². The monoisotopic (exact) mass is 550 g/mol. The molecule has 36 heavy (non-hydrogen) atoms. The van der Waals surface area contributed by atoms with E-state index in [0.29, 0.717) is 32.5 Å². The summed E-state index contributed by atoms with van der Waals surface area (Å²) in [5.74, 6) is -0.377. The molecule has 2 aromatic heterocycles. The van der Waals surface area contributed by atoms with E-state index in [2.05, 4.69) is 5.32 Å². The van der Waals surface area contributed by atoms with Crippen molar-refractivity contribution in [3.8, 4) is 0 Å². The number of benzene rings is 1. The maximum Gasteiger partial charge on any atom is 0.407 e. The Kier molecular flexibility index (Phi) is 10.9. The molecule has 0 aliphatic rings. The molecule has 0 fully saturated rings. The second-order valence-corrected chi connectivity index (χ2v) is 11.8. The van der Waals surface area contributed by atoms with Gasteiger partial charge in [0, 0.05) is 16.3 Å². The number of rotatable bonds is 14. The van der Waals surface area contributed by atoms with Gasteiger partial charge in [-0.1, -0.05) is 42.5 Å². The third-order valence-electron chi connectivity index (χ3n) is 5.11. The number of nitrogens with zero attached hydrogens (tertiary/aromatic N) is 1. The zero-order valence-electron chi connectivity index (χ0n) is 20.0. The molecule has 1 N–H and O–H groups in total. The van der Waals surface area contributed by atoms with Crippen molar-refractivity contribution < 1.29 is 26.9 Å². The normalized spacial score (nSPS) is 12.1. The highest BCUT2D eigenvalue weighted by atomic mass is 32.2. The minimum atomic E-state index is -3.85.